The first-order chi connectivity index (χ1) is 11.7. The van der Waals surface area contributed by atoms with E-state index in [1.807, 2.05) is 0 Å². The minimum absolute atomic E-state index is 0.771. The summed E-state index contributed by atoms with van der Waals surface area (Å²) in [6, 6.07) is 9.03. The summed E-state index contributed by atoms with van der Waals surface area (Å²) < 4.78 is 0. The molecule has 1 unspecified atom stereocenters. The maximum atomic E-state index is 2.57. The topological polar surface area (TPSA) is 0 Å². The van der Waals surface area contributed by atoms with Gasteiger partial charge in [0.15, 0.2) is 0 Å². The van der Waals surface area contributed by atoms with Gasteiger partial charge in [-0.15, -0.1) is 0 Å². The molecule has 130 valence electrons. The fraction of sp³-hybridized carbons (Fsp3) is 0.583. The lowest BCUT2D eigenvalue weighted by atomic mass is 9.79. The monoisotopic (exact) mass is 322 g/mol. The van der Waals surface area contributed by atoms with Crippen molar-refractivity contribution < 1.29 is 0 Å². The summed E-state index contributed by atoms with van der Waals surface area (Å²) in [5.74, 6) is 2.66. The van der Waals surface area contributed by atoms with Crippen molar-refractivity contribution in [2.45, 2.75) is 71.6 Å². The fourth-order valence-electron chi connectivity index (χ4n) is 4.45. The third-order valence-electron chi connectivity index (χ3n) is 6.12. The van der Waals surface area contributed by atoms with Crippen LogP contribution in [0.15, 0.2) is 42.5 Å². The molecule has 0 heterocycles. The SMILES string of the molecule is CCCC1CCC(/C=C/C2CC=C(c3ccc(C)cc3)CC2)CC1. The van der Waals surface area contributed by atoms with Crippen LogP contribution < -0.4 is 0 Å². The smallest absolute Gasteiger partial charge is 0.0195 e. The molecule has 0 spiro atoms. The van der Waals surface area contributed by atoms with E-state index < -0.39 is 0 Å². The standard InChI is InChI=1S/C24H34/c1-3-4-20-7-9-21(10-8-20)11-12-22-13-17-24(18-14-22)23-15-5-19(2)6-16-23/h5-6,11-12,15-17,20-22H,3-4,7-10,13-14,18H2,1-2H3/b12-11+. The van der Waals surface area contributed by atoms with Gasteiger partial charge in [-0.05, 0) is 80.8 Å². The average Bonchev–Trinajstić information content (AvgIpc) is 2.63. The Morgan fingerprint density at radius 3 is 2.25 bits per heavy atom. The highest BCUT2D eigenvalue weighted by molar-refractivity contribution is 5.66. The van der Waals surface area contributed by atoms with Gasteiger partial charge in [0, 0.05) is 0 Å². The second kappa shape index (κ2) is 8.70. The molecule has 0 radical (unpaired) electrons. The molecular formula is C24H34. The molecule has 1 atom stereocenters. The van der Waals surface area contributed by atoms with Crippen molar-refractivity contribution in [3.63, 3.8) is 0 Å². The fourth-order valence-corrected chi connectivity index (χ4v) is 4.45. The third kappa shape index (κ3) is 4.85. The Bertz CT molecular complexity index is 552. The number of hydrogen-bond donors (Lipinski definition) is 0. The van der Waals surface area contributed by atoms with Crippen molar-refractivity contribution >= 4 is 5.57 Å². The van der Waals surface area contributed by atoms with Crippen LogP contribution in [0.25, 0.3) is 5.57 Å². The van der Waals surface area contributed by atoms with Gasteiger partial charge in [0.25, 0.3) is 0 Å². The summed E-state index contributed by atoms with van der Waals surface area (Å²) >= 11 is 0. The third-order valence-corrected chi connectivity index (χ3v) is 6.12. The minimum atomic E-state index is 0.771. The van der Waals surface area contributed by atoms with Crippen LogP contribution in [0, 0.1) is 24.7 Å². The van der Waals surface area contributed by atoms with E-state index in [1.165, 1.54) is 68.9 Å². The van der Waals surface area contributed by atoms with Crippen LogP contribution in [0.5, 0.6) is 0 Å². The lowest BCUT2D eigenvalue weighted by Crippen LogP contribution is -2.13. The number of hydrogen-bond acceptors (Lipinski definition) is 0. The van der Waals surface area contributed by atoms with Crippen molar-refractivity contribution in [2.24, 2.45) is 17.8 Å². The van der Waals surface area contributed by atoms with Gasteiger partial charge < -0.3 is 0 Å². The molecular weight excluding hydrogens is 288 g/mol. The Kier molecular flexibility index (Phi) is 6.35. The Morgan fingerprint density at radius 1 is 0.917 bits per heavy atom. The average molecular weight is 323 g/mol. The molecule has 1 saturated carbocycles. The molecule has 0 aromatic heterocycles. The molecule has 0 amide bonds. The summed E-state index contributed by atoms with van der Waals surface area (Å²) in [6.07, 6.45) is 20.0. The van der Waals surface area contributed by atoms with Gasteiger partial charge in [-0.2, -0.15) is 0 Å². The first kappa shape index (κ1) is 17.5. The number of rotatable bonds is 5. The largest absolute Gasteiger partial charge is 0.0851 e. The maximum absolute atomic E-state index is 2.57. The molecule has 0 saturated heterocycles. The van der Waals surface area contributed by atoms with Crippen LogP contribution in [0.4, 0.5) is 0 Å². The quantitative estimate of drug-likeness (QED) is 0.497. The van der Waals surface area contributed by atoms with Gasteiger partial charge in [-0.3, -0.25) is 0 Å². The molecule has 2 aliphatic rings. The van der Waals surface area contributed by atoms with Gasteiger partial charge in [-0.25, -0.2) is 0 Å². The number of allylic oxidation sites excluding steroid dienone is 4. The van der Waals surface area contributed by atoms with Crippen LogP contribution in [-0.4, -0.2) is 0 Å². The lowest BCUT2D eigenvalue weighted by Gasteiger charge is -2.27. The van der Waals surface area contributed by atoms with E-state index >= 15 is 0 Å². The summed E-state index contributed by atoms with van der Waals surface area (Å²) in [7, 11) is 0. The Hall–Kier alpha value is -1.30. The van der Waals surface area contributed by atoms with Crippen LogP contribution in [-0.2, 0) is 0 Å². The van der Waals surface area contributed by atoms with Crippen LogP contribution in [0.1, 0.15) is 75.8 Å². The lowest BCUT2D eigenvalue weighted by molar-refractivity contribution is 0.293. The maximum Gasteiger partial charge on any atom is -0.0195 e. The van der Waals surface area contributed by atoms with Gasteiger partial charge in [0.1, 0.15) is 0 Å². The van der Waals surface area contributed by atoms with E-state index in [0.29, 0.717) is 0 Å². The van der Waals surface area contributed by atoms with E-state index in [9.17, 15) is 0 Å². The molecule has 1 fully saturated rings. The molecule has 0 aliphatic heterocycles. The van der Waals surface area contributed by atoms with Gasteiger partial charge in [0.2, 0.25) is 0 Å². The van der Waals surface area contributed by atoms with Crippen molar-refractivity contribution in [2.75, 3.05) is 0 Å². The zero-order valence-corrected chi connectivity index (χ0v) is 15.6. The summed E-state index contributed by atoms with van der Waals surface area (Å²) in [5, 5.41) is 0. The highest BCUT2D eigenvalue weighted by Crippen LogP contribution is 2.34. The normalized spacial score (nSPS) is 28.1. The Labute approximate surface area is 149 Å². The molecule has 0 bridgehead atoms. The van der Waals surface area contributed by atoms with Gasteiger partial charge in [-0.1, -0.05) is 67.8 Å². The van der Waals surface area contributed by atoms with E-state index in [4.69, 9.17) is 0 Å². The van der Waals surface area contributed by atoms with Crippen molar-refractivity contribution in [3.05, 3.63) is 53.6 Å². The van der Waals surface area contributed by atoms with E-state index in [1.54, 1.807) is 5.57 Å². The predicted octanol–water partition coefficient (Wildman–Crippen LogP) is 7.34. The van der Waals surface area contributed by atoms with E-state index in [-0.39, 0.29) is 0 Å². The first-order valence-electron chi connectivity index (χ1n) is 10.2. The van der Waals surface area contributed by atoms with E-state index in [2.05, 4.69) is 56.3 Å². The molecule has 0 N–H and O–H groups in total. The molecule has 3 rings (SSSR count). The van der Waals surface area contributed by atoms with Crippen molar-refractivity contribution in [1.82, 2.24) is 0 Å². The van der Waals surface area contributed by atoms with Gasteiger partial charge >= 0.3 is 0 Å². The molecule has 0 heteroatoms. The molecule has 1 aromatic carbocycles. The van der Waals surface area contributed by atoms with Crippen LogP contribution in [0.3, 0.4) is 0 Å². The molecule has 0 nitrogen and oxygen atoms in total. The number of benzene rings is 1. The van der Waals surface area contributed by atoms with Gasteiger partial charge in [0.05, 0.1) is 0 Å². The summed E-state index contributed by atoms with van der Waals surface area (Å²) in [5.41, 5.74) is 4.33. The van der Waals surface area contributed by atoms with E-state index in [0.717, 1.165) is 17.8 Å². The predicted molar refractivity (Wildman–Crippen MR) is 106 cm³/mol. The minimum Gasteiger partial charge on any atom is -0.0851 e. The summed E-state index contributed by atoms with van der Waals surface area (Å²) in [4.78, 5) is 0. The molecule has 2 aliphatic carbocycles. The molecule has 1 aromatic rings. The molecule has 24 heavy (non-hydrogen) atoms. The van der Waals surface area contributed by atoms with Crippen molar-refractivity contribution in [1.29, 1.82) is 0 Å². The number of aryl methyl sites for hydroxylation is 1. The zero-order valence-electron chi connectivity index (χ0n) is 15.6. The highest BCUT2D eigenvalue weighted by atomic mass is 14.2. The van der Waals surface area contributed by atoms with Crippen LogP contribution >= 0.6 is 0 Å². The van der Waals surface area contributed by atoms with Crippen LogP contribution in [0.2, 0.25) is 0 Å². The second-order valence-electron chi connectivity index (χ2n) is 8.08. The Balaban J connectivity index is 1.47. The first-order valence-corrected chi connectivity index (χ1v) is 10.2. The summed E-state index contributed by atoms with van der Waals surface area (Å²) in [6.45, 7) is 4.49. The second-order valence-corrected chi connectivity index (χ2v) is 8.08. The highest BCUT2D eigenvalue weighted by Gasteiger charge is 2.19. The Morgan fingerprint density at radius 2 is 1.62 bits per heavy atom. The zero-order chi connectivity index (χ0) is 16.8. The van der Waals surface area contributed by atoms with Crippen molar-refractivity contribution in [3.8, 4) is 0 Å².